The number of hydrogen-bond acceptors (Lipinski definition) is 6. The zero-order chi connectivity index (χ0) is 32.6. The number of benzene rings is 1. The van der Waals surface area contributed by atoms with E-state index in [1.807, 2.05) is 31.2 Å². The van der Waals surface area contributed by atoms with Crippen LogP contribution in [-0.2, 0) is 25.5 Å². The van der Waals surface area contributed by atoms with E-state index >= 15 is 0 Å². The van der Waals surface area contributed by atoms with Crippen molar-refractivity contribution in [3.63, 3.8) is 0 Å². The number of rotatable bonds is 17. The van der Waals surface area contributed by atoms with Gasteiger partial charge in [-0.2, -0.15) is 0 Å². The average Bonchev–Trinajstić information content (AvgIpc) is 3.04. The van der Waals surface area contributed by atoms with Crippen LogP contribution < -0.4 is 27.8 Å². The predicted octanol–water partition coefficient (Wildman–Crippen LogP) is 3.66. The van der Waals surface area contributed by atoms with Gasteiger partial charge in [-0.3, -0.25) is 20.0 Å². The van der Waals surface area contributed by atoms with Crippen LogP contribution in [0, 0.1) is 23.2 Å². The van der Waals surface area contributed by atoms with Gasteiger partial charge >= 0.3 is 5.97 Å². The van der Waals surface area contributed by atoms with Crippen molar-refractivity contribution in [1.29, 1.82) is 5.41 Å². The number of ether oxygens (including phenoxy) is 1. The molecule has 2 aliphatic carbocycles. The number of amides is 2. The summed E-state index contributed by atoms with van der Waals surface area (Å²) in [6.07, 6.45) is 13.1. The highest BCUT2D eigenvalue weighted by Crippen LogP contribution is 2.33. The van der Waals surface area contributed by atoms with Crippen molar-refractivity contribution in [3.05, 3.63) is 35.4 Å². The molecule has 0 saturated heterocycles. The number of nitrogen functional groups attached to an aromatic ring is 1. The van der Waals surface area contributed by atoms with Gasteiger partial charge in [0.15, 0.2) is 5.96 Å². The first kappa shape index (κ1) is 35.8. The van der Waals surface area contributed by atoms with Crippen molar-refractivity contribution < 1.29 is 19.1 Å². The maximum atomic E-state index is 14.2. The Morgan fingerprint density at radius 1 is 0.889 bits per heavy atom. The van der Waals surface area contributed by atoms with E-state index in [0.29, 0.717) is 31.4 Å². The largest absolute Gasteiger partial charge is 0.464 e. The fraction of sp³-hybridized carbons (Fsp3) is 0.676. The standard InChI is InChI=1S/C34H55N7O4/c1-2-3-21-45-33(44)28(15-10-20-39-34(37)38)40-32(43)29(25-13-8-5-9-14-25)41-31(42)27(24-11-6-4-7-12-24)22-23-16-18-26(19-17-23)30(35)36/h16-19,24-25,27-29H,2-15,20-22H2,1H3,(H3,35,36)(H,40,43)(H,41,42)(H4,37,38,39)/t27?,28-,29-/m0/s1. The van der Waals surface area contributed by atoms with E-state index in [0.717, 1.165) is 76.2 Å². The predicted molar refractivity (Wildman–Crippen MR) is 177 cm³/mol. The number of carbonyl (C=O) groups is 3. The Bertz CT molecular complexity index is 1120. The number of esters is 1. The van der Waals surface area contributed by atoms with Crippen LogP contribution in [0.4, 0.5) is 0 Å². The second kappa shape index (κ2) is 19.0. The van der Waals surface area contributed by atoms with Crippen molar-refractivity contribution in [2.24, 2.45) is 39.9 Å². The van der Waals surface area contributed by atoms with Crippen LogP contribution >= 0.6 is 0 Å². The number of carbonyl (C=O) groups excluding carboxylic acids is 3. The van der Waals surface area contributed by atoms with Crippen molar-refractivity contribution in [1.82, 2.24) is 10.6 Å². The highest BCUT2D eigenvalue weighted by Gasteiger charge is 2.37. The molecule has 2 fully saturated rings. The number of guanidine groups is 1. The van der Waals surface area contributed by atoms with Gasteiger partial charge in [0.25, 0.3) is 0 Å². The molecule has 11 nitrogen and oxygen atoms in total. The van der Waals surface area contributed by atoms with Gasteiger partial charge in [0.05, 0.1) is 6.61 Å². The second-order valence-corrected chi connectivity index (χ2v) is 12.7. The van der Waals surface area contributed by atoms with Crippen LogP contribution in [0.15, 0.2) is 29.3 Å². The number of hydrogen-bond donors (Lipinski definition) is 6. The van der Waals surface area contributed by atoms with E-state index in [-0.39, 0.29) is 48.0 Å². The number of aliphatic imine (C=N–C) groups is 1. The maximum Gasteiger partial charge on any atom is 0.328 e. The number of nitrogens with two attached hydrogens (primary N) is 3. The zero-order valence-corrected chi connectivity index (χ0v) is 27.0. The number of unbranched alkanes of at least 4 members (excludes halogenated alkanes) is 1. The first-order valence-electron chi connectivity index (χ1n) is 17.0. The Kier molecular flexibility index (Phi) is 15.1. The first-order chi connectivity index (χ1) is 21.7. The molecule has 2 aliphatic rings. The SMILES string of the molecule is CCCCOC(=O)[C@H](CCCN=C(N)N)NC(=O)[C@@H](NC(=O)C(Cc1ccc(C(=N)N)cc1)C1CCCCC1)C1CCCCC1. The quantitative estimate of drug-likeness (QED) is 0.0656. The Morgan fingerprint density at radius 3 is 2.09 bits per heavy atom. The minimum Gasteiger partial charge on any atom is -0.464 e. The smallest absolute Gasteiger partial charge is 0.328 e. The molecule has 2 saturated carbocycles. The van der Waals surface area contributed by atoms with E-state index < -0.39 is 18.1 Å². The van der Waals surface area contributed by atoms with E-state index in [9.17, 15) is 14.4 Å². The van der Waals surface area contributed by atoms with Crippen molar-refractivity contribution in [2.75, 3.05) is 13.2 Å². The van der Waals surface area contributed by atoms with Crippen LogP contribution in [0.2, 0.25) is 0 Å². The normalized spacial score (nSPS) is 17.8. The lowest BCUT2D eigenvalue weighted by atomic mass is 9.76. The monoisotopic (exact) mass is 625 g/mol. The molecular formula is C34H55N7O4. The third kappa shape index (κ3) is 12.0. The van der Waals surface area contributed by atoms with Gasteiger partial charge in [-0.25, -0.2) is 4.79 Å². The molecule has 11 heteroatoms. The fourth-order valence-electron chi connectivity index (χ4n) is 6.64. The number of nitrogens with one attached hydrogen (secondary N) is 3. The molecule has 3 rings (SSSR count). The summed E-state index contributed by atoms with van der Waals surface area (Å²) >= 11 is 0. The van der Waals surface area contributed by atoms with Gasteiger partial charge in [0.1, 0.15) is 17.9 Å². The molecule has 1 unspecified atom stereocenters. The molecule has 45 heavy (non-hydrogen) atoms. The van der Waals surface area contributed by atoms with E-state index in [4.69, 9.17) is 27.3 Å². The van der Waals surface area contributed by atoms with Gasteiger partial charge in [-0.05, 0) is 68.8 Å². The Labute approximate surface area is 268 Å². The molecule has 250 valence electrons. The lowest BCUT2D eigenvalue weighted by Gasteiger charge is -2.34. The molecule has 0 aliphatic heterocycles. The summed E-state index contributed by atoms with van der Waals surface area (Å²) in [4.78, 5) is 45.2. The molecule has 1 aromatic rings. The first-order valence-corrected chi connectivity index (χ1v) is 17.0. The molecule has 0 heterocycles. The Hall–Kier alpha value is -3.63. The van der Waals surface area contributed by atoms with Gasteiger partial charge < -0.3 is 32.6 Å². The van der Waals surface area contributed by atoms with E-state index in [2.05, 4.69) is 15.6 Å². The topological polar surface area (TPSA) is 199 Å². The van der Waals surface area contributed by atoms with Crippen LogP contribution in [0.3, 0.4) is 0 Å². The summed E-state index contributed by atoms with van der Waals surface area (Å²) < 4.78 is 5.49. The summed E-state index contributed by atoms with van der Waals surface area (Å²) in [7, 11) is 0. The minimum atomic E-state index is -0.861. The van der Waals surface area contributed by atoms with Gasteiger partial charge in [-0.1, -0.05) is 76.1 Å². The minimum absolute atomic E-state index is 0.00764. The second-order valence-electron chi connectivity index (χ2n) is 12.7. The van der Waals surface area contributed by atoms with E-state index in [1.165, 1.54) is 6.42 Å². The fourth-order valence-corrected chi connectivity index (χ4v) is 6.64. The van der Waals surface area contributed by atoms with Crippen molar-refractivity contribution in [2.45, 2.75) is 115 Å². The van der Waals surface area contributed by atoms with Gasteiger partial charge in [-0.15, -0.1) is 0 Å². The van der Waals surface area contributed by atoms with Crippen LogP contribution in [-0.4, -0.2) is 54.8 Å². The molecular weight excluding hydrogens is 570 g/mol. The van der Waals surface area contributed by atoms with E-state index in [1.54, 1.807) is 0 Å². The highest BCUT2D eigenvalue weighted by molar-refractivity contribution is 5.95. The van der Waals surface area contributed by atoms with Crippen LogP contribution in [0.1, 0.15) is 108 Å². The molecule has 0 aromatic heterocycles. The molecule has 0 bridgehead atoms. The molecule has 3 atom stereocenters. The van der Waals surface area contributed by atoms with Crippen LogP contribution in [0.25, 0.3) is 0 Å². The third-order valence-corrected chi connectivity index (χ3v) is 9.27. The molecule has 2 amide bonds. The maximum absolute atomic E-state index is 14.2. The summed E-state index contributed by atoms with van der Waals surface area (Å²) in [6.45, 7) is 2.63. The number of amidine groups is 1. The average molecular weight is 626 g/mol. The van der Waals surface area contributed by atoms with Crippen molar-refractivity contribution in [3.8, 4) is 0 Å². The van der Waals surface area contributed by atoms with Crippen molar-refractivity contribution >= 4 is 29.6 Å². The molecule has 0 radical (unpaired) electrons. The highest BCUT2D eigenvalue weighted by atomic mass is 16.5. The van der Waals surface area contributed by atoms with Gasteiger partial charge in [0.2, 0.25) is 11.8 Å². The summed E-state index contributed by atoms with van der Waals surface area (Å²) in [5, 5.41) is 13.9. The summed E-state index contributed by atoms with van der Waals surface area (Å²) in [5.74, 6) is -1.04. The lowest BCUT2D eigenvalue weighted by molar-refractivity contribution is -0.148. The lowest BCUT2D eigenvalue weighted by Crippen LogP contribution is -2.56. The summed E-state index contributed by atoms with van der Waals surface area (Å²) in [6, 6.07) is 5.90. The summed E-state index contributed by atoms with van der Waals surface area (Å²) in [5.41, 5.74) is 18.2. The molecule has 9 N–H and O–H groups in total. The molecule has 1 aromatic carbocycles. The van der Waals surface area contributed by atoms with Crippen LogP contribution in [0.5, 0.6) is 0 Å². The Balaban J connectivity index is 1.80. The molecule has 0 spiro atoms. The third-order valence-electron chi connectivity index (χ3n) is 9.27. The number of nitrogens with zero attached hydrogens (tertiary/aromatic N) is 1. The Morgan fingerprint density at radius 2 is 1.51 bits per heavy atom. The van der Waals surface area contributed by atoms with Gasteiger partial charge in [0, 0.05) is 18.0 Å². The zero-order valence-electron chi connectivity index (χ0n) is 27.0.